The average Bonchev–Trinajstić information content (AvgIpc) is 3.66. The van der Waals surface area contributed by atoms with Gasteiger partial charge in [-0.3, -0.25) is 9.69 Å². The Balaban J connectivity index is 1.17. The van der Waals surface area contributed by atoms with E-state index in [1.54, 1.807) is 42.1 Å². The monoisotopic (exact) mass is 475 g/mol. The number of thiazole rings is 1. The Morgan fingerprint density at radius 3 is 2.56 bits per heavy atom. The zero-order valence-corrected chi connectivity index (χ0v) is 19.2. The lowest BCUT2D eigenvalue weighted by Crippen LogP contribution is -2.48. The number of rotatable bonds is 5. The number of fused-ring (bicyclic) bond motifs is 1. The van der Waals surface area contributed by atoms with Crippen LogP contribution < -0.4 is 0 Å². The fraction of sp³-hybridized carbons (Fsp3) is 0.250. The molecule has 6 heterocycles. The van der Waals surface area contributed by atoms with E-state index < -0.39 is 0 Å². The Labute approximate surface area is 198 Å². The van der Waals surface area contributed by atoms with Gasteiger partial charge in [-0.1, -0.05) is 5.16 Å². The normalized spacial score (nSPS) is 14.8. The number of piperazine rings is 1. The third kappa shape index (κ3) is 3.80. The highest BCUT2D eigenvalue weighted by Crippen LogP contribution is 2.29. The first-order valence-electron chi connectivity index (χ1n) is 11.0. The zero-order valence-electron chi connectivity index (χ0n) is 18.4. The summed E-state index contributed by atoms with van der Waals surface area (Å²) in [5.74, 6) is 1.31. The molecule has 1 aliphatic rings. The predicted octanol–water partition coefficient (Wildman–Crippen LogP) is 4.47. The van der Waals surface area contributed by atoms with E-state index in [0.717, 1.165) is 36.1 Å². The van der Waals surface area contributed by atoms with Crippen molar-refractivity contribution in [2.24, 2.45) is 0 Å². The van der Waals surface area contributed by atoms with E-state index >= 15 is 0 Å². The molecule has 10 heteroatoms. The van der Waals surface area contributed by atoms with Gasteiger partial charge < -0.3 is 18.3 Å². The molecule has 34 heavy (non-hydrogen) atoms. The molecule has 5 aromatic heterocycles. The summed E-state index contributed by atoms with van der Waals surface area (Å²) >= 11 is 1.58. The summed E-state index contributed by atoms with van der Waals surface area (Å²) in [6, 6.07) is 9.14. The van der Waals surface area contributed by atoms with Crippen LogP contribution >= 0.6 is 11.3 Å². The summed E-state index contributed by atoms with van der Waals surface area (Å²) in [5, 5.41) is 7.62. The quantitative estimate of drug-likeness (QED) is 0.367. The standard InChI is InChI=1S/C24H21N5O4S/c1-15-21-17(12-18(19-4-2-10-31-19)26-22(21)33-27-15)24(30)29-8-6-28(7-9-29)13-16-14-34-23(25-16)20-5-3-11-32-20/h2-5,10-12,14H,6-9,13H2,1H3. The van der Waals surface area contributed by atoms with Gasteiger partial charge in [-0.25, -0.2) is 9.97 Å². The molecule has 0 atom stereocenters. The topological polar surface area (TPSA) is 102 Å². The van der Waals surface area contributed by atoms with Crippen LogP contribution in [-0.2, 0) is 6.54 Å². The van der Waals surface area contributed by atoms with Gasteiger partial charge in [0.2, 0.25) is 0 Å². The van der Waals surface area contributed by atoms with E-state index in [9.17, 15) is 4.79 Å². The fourth-order valence-electron chi connectivity index (χ4n) is 4.22. The molecular formula is C24H21N5O4S. The zero-order chi connectivity index (χ0) is 23.1. The molecule has 0 spiro atoms. The molecule has 0 unspecified atom stereocenters. The van der Waals surface area contributed by atoms with Crippen molar-refractivity contribution in [3.05, 3.63) is 65.2 Å². The largest absolute Gasteiger partial charge is 0.463 e. The van der Waals surface area contributed by atoms with E-state index in [1.165, 1.54) is 0 Å². The molecule has 1 saturated heterocycles. The number of nitrogens with zero attached hydrogens (tertiary/aromatic N) is 5. The number of hydrogen-bond acceptors (Lipinski definition) is 9. The van der Waals surface area contributed by atoms with Crippen molar-refractivity contribution in [2.45, 2.75) is 13.5 Å². The molecule has 1 amide bonds. The number of carbonyl (C=O) groups is 1. The van der Waals surface area contributed by atoms with Crippen LogP contribution in [0.15, 0.2) is 61.6 Å². The van der Waals surface area contributed by atoms with Gasteiger partial charge in [-0.05, 0) is 37.3 Å². The molecule has 172 valence electrons. The summed E-state index contributed by atoms with van der Waals surface area (Å²) in [6.07, 6.45) is 3.23. The van der Waals surface area contributed by atoms with Crippen molar-refractivity contribution in [3.63, 3.8) is 0 Å². The molecule has 5 aromatic rings. The molecule has 1 aliphatic heterocycles. The molecule has 0 bridgehead atoms. The minimum Gasteiger partial charge on any atom is -0.463 e. The Hall–Kier alpha value is -3.76. The smallest absolute Gasteiger partial charge is 0.259 e. The minimum atomic E-state index is -0.0556. The minimum absolute atomic E-state index is 0.0556. The van der Waals surface area contributed by atoms with Gasteiger partial charge in [0, 0.05) is 38.1 Å². The van der Waals surface area contributed by atoms with Crippen LogP contribution in [0.25, 0.3) is 33.3 Å². The fourth-order valence-corrected chi connectivity index (χ4v) is 4.99. The van der Waals surface area contributed by atoms with Gasteiger partial charge in [0.15, 0.2) is 16.5 Å². The lowest BCUT2D eigenvalue weighted by atomic mass is 10.1. The second-order valence-corrected chi connectivity index (χ2v) is 9.03. The number of furan rings is 2. The maximum Gasteiger partial charge on any atom is 0.259 e. The summed E-state index contributed by atoms with van der Waals surface area (Å²) in [5.41, 5.74) is 3.07. The summed E-state index contributed by atoms with van der Waals surface area (Å²) < 4.78 is 16.3. The molecular weight excluding hydrogens is 454 g/mol. The number of carbonyl (C=O) groups excluding carboxylic acids is 1. The van der Waals surface area contributed by atoms with Crippen molar-refractivity contribution in [3.8, 4) is 22.2 Å². The highest BCUT2D eigenvalue weighted by atomic mass is 32.1. The number of aryl methyl sites for hydroxylation is 1. The number of amides is 1. The van der Waals surface area contributed by atoms with Crippen molar-refractivity contribution in [1.82, 2.24) is 24.9 Å². The van der Waals surface area contributed by atoms with Gasteiger partial charge in [0.1, 0.15) is 5.69 Å². The lowest BCUT2D eigenvalue weighted by molar-refractivity contribution is 0.0629. The van der Waals surface area contributed by atoms with Gasteiger partial charge in [0.05, 0.1) is 34.9 Å². The third-order valence-electron chi connectivity index (χ3n) is 5.95. The molecule has 0 aliphatic carbocycles. The van der Waals surface area contributed by atoms with Crippen molar-refractivity contribution >= 4 is 28.3 Å². The molecule has 9 nitrogen and oxygen atoms in total. The SMILES string of the molecule is Cc1noc2nc(-c3ccco3)cc(C(=O)N3CCN(Cc4csc(-c5ccco5)n4)CC3)c12. The number of hydrogen-bond donors (Lipinski definition) is 0. The van der Waals surface area contributed by atoms with Gasteiger partial charge in [-0.15, -0.1) is 11.3 Å². The van der Waals surface area contributed by atoms with Gasteiger partial charge in [0.25, 0.3) is 11.6 Å². The molecule has 6 rings (SSSR count). The summed E-state index contributed by atoms with van der Waals surface area (Å²) in [6.45, 7) is 5.34. The van der Waals surface area contributed by atoms with Gasteiger partial charge in [-0.2, -0.15) is 0 Å². The Bertz CT molecular complexity index is 1430. The van der Waals surface area contributed by atoms with Crippen LogP contribution in [0.1, 0.15) is 21.7 Å². The Morgan fingerprint density at radius 1 is 1.06 bits per heavy atom. The second-order valence-electron chi connectivity index (χ2n) is 8.17. The second kappa shape index (κ2) is 8.54. The lowest BCUT2D eigenvalue weighted by Gasteiger charge is -2.34. The van der Waals surface area contributed by atoms with E-state index in [4.69, 9.17) is 13.4 Å². The maximum absolute atomic E-state index is 13.5. The Morgan fingerprint density at radius 2 is 1.82 bits per heavy atom. The van der Waals surface area contributed by atoms with Crippen LogP contribution in [0.3, 0.4) is 0 Å². The summed E-state index contributed by atoms with van der Waals surface area (Å²) in [4.78, 5) is 26.9. The van der Waals surface area contributed by atoms with E-state index in [1.807, 2.05) is 24.0 Å². The van der Waals surface area contributed by atoms with Crippen LogP contribution in [-0.4, -0.2) is 57.0 Å². The third-order valence-corrected chi connectivity index (χ3v) is 6.86. The molecule has 1 fully saturated rings. The average molecular weight is 476 g/mol. The van der Waals surface area contributed by atoms with Crippen molar-refractivity contribution in [2.75, 3.05) is 26.2 Å². The Kier molecular flexibility index (Phi) is 5.23. The van der Waals surface area contributed by atoms with E-state index in [0.29, 0.717) is 46.9 Å². The summed E-state index contributed by atoms with van der Waals surface area (Å²) in [7, 11) is 0. The first kappa shape index (κ1) is 20.8. The maximum atomic E-state index is 13.5. The predicted molar refractivity (Wildman–Crippen MR) is 125 cm³/mol. The first-order valence-corrected chi connectivity index (χ1v) is 11.8. The van der Waals surface area contributed by atoms with Crippen LogP contribution in [0.2, 0.25) is 0 Å². The van der Waals surface area contributed by atoms with Crippen LogP contribution in [0.4, 0.5) is 0 Å². The highest BCUT2D eigenvalue weighted by molar-refractivity contribution is 7.13. The highest BCUT2D eigenvalue weighted by Gasteiger charge is 2.27. The van der Waals surface area contributed by atoms with Crippen LogP contribution in [0, 0.1) is 6.92 Å². The van der Waals surface area contributed by atoms with E-state index in [-0.39, 0.29) is 5.91 Å². The molecule has 0 saturated carbocycles. The molecule has 0 radical (unpaired) electrons. The van der Waals surface area contributed by atoms with Gasteiger partial charge >= 0.3 is 0 Å². The molecule has 0 aromatic carbocycles. The van der Waals surface area contributed by atoms with E-state index in [2.05, 4.69) is 25.4 Å². The van der Waals surface area contributed by atoms with Crippen molar-refractivity contribution in [1.29, 1.82) is 0 Å². The first-order chi connectivity index (χ1) is 16.7. The molecule has 0 N–H and O–H groups in total. The van der Waals surface area contributed by atoms with Crippen molar-refractivity contribution < 1.29 is 18.2 Å². The van der Waals surface area contributed by atoms with Crippen LogP contribution in [0.5, 0.6) is 0 Å². The number of pyridine rings is 1. The number of aromatic nitrogens is 3.